The van der Waals surface area contributed by atoms with E-state index < -0.39 is 11.7 Å². The van der Waals surface area contributed by atoms with E-state index in [1.807, 2.05) is 48.3 Å². The van der Waals surface area contributed by atoms with Gasteiger partial charge in [-0.05, 0) is 0 Å². The normalized spacial score (nSPS) is 14.0. The molecule has 0 bridgehead atoms. The molecule has 0 atom stereocenters. The first kappa shape index (κ1) is 24.6. The zero-order valence-corrected chi connectivity index (χ0v) is 21.0. The van der Waals surface area contributed by atoms with E-state index in [0.717, 1.165) is 5.56 Å². The van der Waals surface area contributed by atoms with Crippen LogP contribution in [-0.2, 0) is 11.2 Å². The molecule has 1 saturated heterocycles. The number of nitrogens with zero attached hydrogens (tertiary/aromatic N) is 8. The Morgan fingerprint density at radius 3 is 2.53 bits per heavy atom. The number of aryl methyl sites for hydroxylation is 1. The highest BCUT2D eigenvalue weighted by Crippen LogP contribution is 2.32. The van der Waals surface area contributed by atoms with Gasteiger partial charge in [-0.15, -0.1) is 5.10 Å². The molecule has 12 heteroatoms. The molecule has 0 saturated carbocycles. The molecule has 3 aromatic heterocycles. The topological polar surface area (TPSA) is 145 Å². The second-order valence-corrected chi connectivity index (χ2v) is 8.57. The zero-order chi connectivity index (χ0) is 26.6. The van der Waals surface area contributed by atoms with E-state index in [1.165, 1.54) is 29.1 Å². The maximum atomic E-state index is 13.4. The van der Waals surface area contributed by atoms with Crippen LogP contribution < -0.4 is 4.74 Å². The number of carbonyl (C=O) groups is 2. The van der Waals surface area contributed by atoms with E-state index in [9.17, 15) is 14.9 Å². The number of hydrogen-bond donors (Lipinski definition) is 1. The van der Waals surface area contributed by atoms with Crippen LogP contribution in [0.2, 0.25) is 0 Å². The third-order valence-corrected chi connectivity index (χ3v) is 6.44. The van der Waals surface area contributed by atoms with Crippen molar-refractivity contribution in [2.75, 3.05) is 33.3 Å². The Bertz CT molecular complexity index is 1560. The molecule has 0 radical (unpaired) electrons. The molecule has 0 spiro atoms. The number of aromatic nitrogens is 5. The molecule has 1 aliphatic rings. The molecule has 1 N–H and O–H groups in total. The number of aliphatic imine (C=N–C) groups is 1. The highest BCUT2D eigenvalue weighted by atomic mass is 16.5. The van der Waals surface area contributed by atoms with Crippen LogP contribution in [0.3, 0.4) is 0 Å². The van der Waals surface area contributed by atoms with Gasteiger partial charge in [-0.1, -0.05) is 37.3 Å². The van der Waals surface area contributed by atoms with Crippen LogP contribution in [0.4, 0.5) is 0 Å². The molecule has 0 aliphatic carbocycles. The third-order valence-electron chi connectivity index (χ3n) is 6.44. The molecule has 38 heavy (non-hydrogen) atoms. The van der Waals surface area contributed by atoms with Crippen molar-refractivity contribution in [3.05, 3.63) is 66.0 Å². The van der Waals surface area contributed by atoms with Gasteiger partial charge in [-0.25, -0.2) is 14.6 Å². The number of hydrogen-bond acceptors (Lipinski definition) is 8. The summed E-state index contributed by atoms with van der Waals surface area (Å²) in [5.74, 6) is 0.747. The molecule has 192 valence electrons. The van der Waals surface area contributed by atoms with Gasteiger partial charge < -0.3 is 19.5 Å². The standard InChI is InChI=1S/C26H25N9O3/c1-3-20-31-16-35(32-20)25-22-21(19(38-2)14-29-25)18(13-28-22)23(36)26(37)34-11-9-33(10-12-34)24(30-15-27)17-7-5-4-6-8-17/h4-8,13-14,16,28H,3,9-12H2,1-2H3/b30-24+. The van der Waals surface area contributed by atoms with Gasteiger partial charge >= 0.3 is 0 Å². The van der Waals surface area contributed by atoms with Gasteiger partial charge in [-0.2, -0.15) is 10.3 Å². The Kier molecular flexibility index (Phi) is 6.82. The summed E-state index contributed by atoms with van der Waals surface area (Å²) in [7, 11) is 1.48. The molecule has 1 aliphatic heterocycles. The quantitative estimate of drug-likeness (QED) is 0.136. The van der Waals surface area contributed by atoms with Crippen LogP contribution in [0.25, 0.3) is 16.7 Å². The summed E-state index contributed by atoms with van der Waals surface area (Å²) in [4.78, 5) is 45.9. The Morgan fingerprint density at radius 2 is 1.87 bits per heavy atom. The number of amidine groups is 1. The van der Waals surface area contributed by atoms with Gasteiger partial charge in [0.05, 0.1) is 29.8 Å². The van der Waals surface area contributed by atoms with Crippen LogP contribution in [0.1, 0.15) is 28.7 Å². The number of Topliss-reactive ketones (excluding diaryl/α,β-unsaturated/α-hetero) is 1. The number of amides is 1. The third kappa shape index (κ3) is 4.45. The molecular weight excluding hydrogens is 486 g/mol. The van der Waals surface area contributed by atoms with Gasteiger partial charge in [0, 0.05) is 44.4 Å². The number of nitriles is 1. The molecule has 4 heterocycles. The molecule has 5 rings (SSSR count). The summed E-state index contributed by atoms with van der Waals surface area (Å²) in [6, 6.07) is 9.41. The van der Waals surface area contributed by atoms with E-state index in [2.05, 4.69) is 25.0 Å². The fourth-order valence-corrected chi connectivity index (χ4v) is 4.51. The molecular formula is C26H25N9O3. The lowest BCUT2D eigenvalue weighted by molar-refractivity contribution is -0.127. The van der Waals surface area contributed by atoms with Crippen LogP contribution in [0.5, 0.6) is 5.75 Å². The SMILES string of the molecule is CCc1ncn(-c2ncc(OC)c3c(C(=O)C(=O)N4CCN(/C(=N/C#N)c5ccccc5)CC4)c[nH]c23)n1. The van der Waals surface area contributed by atoms with Gasteiger partial charge in [0.1, 0.15) is 17.9 Å². The average Bonchev–Trinajstić information content (AvgIpc) is 3.63. The highest BCUT2D eigenvalue weighted by Gasteiger charge is 2.31. The van der Waals surface area contributed by atoms with Gasteiger partial charge in [0.2, 0.25) is 6.19 Å². The van der Waals surface area contributed by atoms with Crippen molar-refractivity contribution in [1.82, 2.24) is 34.5 Å². The minimum atomic E-state index is -0.651. The Morgan fingerprint density at radius 1 is 1.13 bits per heavy atom. The molecule has 1 amide bonds. The Balaban J connectivity index is 1.38. The summed E-state index contributed by atoms with van der Waals surface area (Å²) in [5.41, 5.74) is 1.52. The monoisotopic (exact) mass is 511 g/mol. The van der Waals surface area contributed by atoms with Crippen LogP contribution in [0, 0.1) is 11.5 Å². The van der Waals surface area contributed by atoms with Crippen molar-refractivity contribution in [3.8, 4) is 17.8 Å². The lowest BCUT2D eigenvalue weighted by Gasteiger charge is -2.36. The van der Waals surface area contributed by atoms with Gasteiger partial charge in [-0.3, -0.25) is 9.59 Å². The van der Waals surface area contributed by atoms with Crippen molar-refractivity contribution in [1.29, 1.82) is 5.26 Å². The van der Waals surface area contributed by atoms with E-state index in [4.69, 9.17) is 4.74 Å². The van der Waals surface area contributed by atoms with Crippen LogP contribution in [-0.4, -0.2) is 85.3 Å². The summed E-state index contributed by atoms with van der Waals surface area (Å²) in [5, 5.41) is 14.0. The number of nitrogens with one attached hydrogen (secondary N) is 1. The van der Waals surface area contributed by atoms with Crippen LogP contribution >= 0.6 is 0 Å². The second kappa shape index (κ2) is 10.5. The fourth-order valence-electron chi connectivity index (χ4n) is 4.51. The van der Waals surface area contributed by atoms with E-state index >= 15 is 0 Å². The van der Waals surface area contributed by atoms with E-state index in [1.54, 1.807) is 6.33 Å². The van der Waals surface area contributed by atoms with Gasteiger partial charge in [0.15, 0.2) is 11.6 Å². The Hall–Kier alpha value is -5.05. The molecule has 1 aromatic carbocycles. The first-order valence-electron chi connectivity index (χ1n) is 12.1. The number of ether oxygens (including phenoxy) is 1. The summed E-state index contributed by atoms with van der Waals surface area (Å²) in [6.07, 6.45) is 7.08. The highest BCUT2D eigenvalue weighted by molar-refractivity contribution is 6.45. The number of fused-ring (bicyclic) bond motifs is 1. The number of pyridine rings is 1. The molecule has 0 unspecified atom stereocenters. The number of methoxy groups -OCH3 is 1. The number of benzene rings is 1. The first-order chi connectivity index (χ1) is 18.5. The number of H-pyrrole nitrogens is 1. The van der Waals surface area contributed by atoms with Crippen molar-refractivity contribution < 1.29 is 14.3 Å². The fraction of sp³-hybridized carbons (Fsp3) is 0.269. The lowest BCUT2D eigenvalue weighted by atomic mass is 10.1. The number of ketones is 1. The minimum absolute atomic E-state index is 0.194. The Labute approximate surface area is 218 Å². The van der Waals surface area contributed by atoms with E-state index in [-0.39, 0.29) is 5.56 Å². The van der Waals surface area contributed by atoms with Crippen LogP contribution in [0.15, 0.2) is 54.0 Å². The number of aromatic amines is 1. The number of rotatable bonds is 6. The van der Waals surface area contributed by atoms with Crippen molar-refractivity contribution >= 4 is 28.4 Å². The summed E-state index contributed by atoms with van der Waals surface area (Å²) < 4.78 is 7.00. The largest absolute Gasteiger partial charge is 0.494 e. The number of piperazine rings is 1. The zero-order valence-electron chi connectivity index (χ0n) is 21.0. The lowest BCUT2D eigenvalue weighted by Crippen LogP contribution is -2.52. The molecule has 12 nitrogen and oxygen atoms in total. The minimum Gasteiger partial charge on any atom is -0.494 e. The van der Waals surface area contributed by atoms with E-state index in [0.29, 0.717) is 66.7 Å². The van der Waals surface area contributed by atoms with Crippen molar-refractivity contribution in [2.24, 2.45) is 4.99 Å². The average molecular weight is 512 g/mol. The maximum Gasteiger partial charge on any atom is 0.295 e. The predicted molar refractivity (Wildman–Crippen MR) is 138 cm³/mol. The summed E-state index contributed by atoms with van der Waals surface area (Å²) in [6.45, 7) is 3.45. The molecule has 1 fully saturated rings. The van der Waals surface area contributed by atoms with Crippen molar-refractivity contribution in [3.63, 3.8) is 0 Å². The second-order valence-electron chi connectivity index (χ2n) is 8.57. The predicted octanol–water partition coefficient (Wildman–Crippen LogP) is 1.97. The first-order valence-corrected chi connectivity index (χ1v) is 12.1. The van der Waals surface area contributed by atoms with Gasteiger partial charge in [0.25, 0.3) is 11.7 Å². The van der Waals surface area contributed by atoms with Crippen molar-refractivity contribution in [2.45, 2.75) is 13.3 Å². The summed E-state index contributed by atoms with van der Waals surface area (Å²) >= 11 is 0. The molecule has 4 aromatic rings. The maximum absolute atomic E-state index is 13.4. The number of carbonyl (C=O) groups excluding carboxylic acids is 2. The smallest absolute Gasteiger partial charge is 0.295 e.